The molecule has 186 valence electrons. The van der Waals surface area contributed by atoms with Crippen LogP contribution in [0, 0.1) is 12.7 Å². The van der Waals surface area contributed by atoms with Gasteiger partial charge in [0.2, 0.25) is 0 Å². The molecule has 2 N–H and O–H groups in total. The van der Waals surface area contributed by atoms with E-state index in [1.807, 2.05) is 0 Å². The number of fused-ring (bicyclic) bond motifs is 1. The van der Waals surface area contributed by atoms with Crippen molar-refractivity contribution in [1.82, 2.24) is 19.9 Å². The van der Waals surface area contributed by atoms with Gasteiger partial charge in [0.15, 0.2) is 12.3 Å². The highest BCUT2D eigenvalue weighted by molar-refractivity contribution is 5.87. The van der Waals surface area contributed by atoms with E-state index in [0.717, 1.165) is 0 Å². The number of alkyl halides is 2. The van der Waals surface area contributed by atoms with Gasteiger partial charge in [0, 0.05) is 35.5 Å². The van der Waals surface area contributed by atoms with Crippen LogP contribution in [0.3, 0.4) is 0 Å². The van der Waals surface area contributed by atoms with Crippen molar-refractivity contribution < 1.29 is 23.1 Å². The van der Waals surface area contributed by atoms with Crippen molar-refractivity contribution in [1.29, 1.82) is 0 Å². The van der Waals surface area contributed by atoms with Crippen molar-refractivity contribution in [2.75, 3.05) is 25.1 Å². The minimum absolute atomic E-state index is 0.0110. The van der Waals surface area contributed by atoms with E-state index in [9.17, 15) is 23.1 Å². The normalized spacial score (nSPS) is 17.3. The van der Waals surface area contributed by atoms with E-state index in [1.54, 1.807) is 32.0 Å². The van der Waals surface area contributed by atoms with Gasteiger partial charge in [-0.3, -0.25) is 4.79 Å². The van der Waals surface area contributed by atoms with E-state index in [1.165, 1.54) is 24.2 Å². The fraction of sp³-hybridized carbons (Fsp3) is 0.440. The van der Waals surface area contributed by atoms with Gasteiger partial charge in [-0.1, -0.05) is 18.2 Å². The Morgan fingerprint density at radius 1 is 1.23 bits per heavy atom. The van der Waals surface area contributed by atoms with Crippen LogP contribution < -0.4 is 5.32 Å². The van der Waals surface area contributed by atoms with Crippen LogP contribution in [0.5, 0.6) is 0 Å². The van der Waals surface area contributed by atoms with Gasteiger partial charge in [0.1, 0.15) is 24.1 Å². The number of nitrogens with zero attached hydrogens (tertiary/aromatic N) is 4. The number of piperidine rings is 1. The van der Waals surface area contributed by atoms with E-state index in [2.05, 4.69) is 20.3 Å². The fourth-order valence-electron chi connectivity index (χ4n) is 4.64. The Morgan fingerprint density at radius 2 is 1.91 bits per heavy atom. The lowest BCUT2D eigenvalue weighted by Crippen LogP contribution is -2.46. The summed E-state index contributed by atoms with van der Waals surface area (Å²) in [5.41, 5.74) is 0.581. The lowest BCUT2D eigenvalue weighted by atomic mass is 9.83. The SMILES string of the molecule is Cc1nc2ncnc(N[C@H](C)c3cccc(C(C)F)c3F)c2cc1C1(O)CCN(C(=O)CF)CC1. The quantitative estimate of drug-likeness (QED) is 0.534. The maximum Gasteiger partial charge on any atom is 0.253 e. The van der Waals surface area contributed by atoms with E-state index in [4.69, 9.17) is 0 Å². The number of benzene rings is 1. The molecule has 2 aromatic heterocycles. The highest BCUT2D eigenvalue weighted by atomic mass is 19.1. The lowest BCUT2D eigenvalue weighted by Gasteiger charge is -2.38. The molecule has 0 spiro atoms. The number of aromatic nitrogens is 3. The molecule has 0 bridgehead atoms. The number of halogens is 3. The first-order valence-corrected chi connectivity index (χ1v) is 11.5. The largest absolute Gasteiger partial charge is 0.385 e. The third-order valence-electron chi connectivity index (χ3n) is 6.68. The summed E-state index contributed by atoms with van der Waals surface area (Å²) in [5.74, 6) is -0.810. The van der Waals surface area contributed by atoms with Crippen LogP contribution in [0.1, 0.15) is 61.3 Å². The van der Waals surface area contributed by atoms with E-state index >= 15 is 0 Å². The molecule has 35 heavy (non-hydrogen) atoms. The molecule has 1 saturated heterocycles. The summed E-state index contributed by atoms with van der Waals surface area (Å²) in [6.07, 6.45) is 0.373. The van der Waals surface area contributed by atoms with Crippen LogP contribution in [0.2, 0.25) is 0 Å². The molecular formula is C25H28F3N5O2. The Bertz CT molecular complexity index is 1250. The molecular weight excluding hydrogens is 459 g/mol. The fourth-order valence-corrected chi connectivity index (χ4v) is 4.64. The Morgan fingerprint density at radius 3 is 2.57 bits per heavy atom. The highest BCUT2D eigenvalue weighted by Gasteiger charge is 2.37. The standard InChI is InChI=1S/C25H28F3N5O2/c1-14(27)17-5-4-6-18(22(17)28)15(2)31-23-19-11-20(16(3)32-24(19)30-13-29-23)25(35)7-9-33(10-8-25)21(34)12-26/h4-6,11,13-15,35H,7-10,12H2,1-3H3,(H,29,30,31,32)/t14?,15-/m1/s1. The summed E-state index contributed by atoms with van der Waals surface area (Å²) >= 11 is 0. The minimum atomic E-state index is -1.44. The van der Waals surface area contributed by atoms with Gasteiger partial charge in [-0.2, -0.15) is 0 Å². The van der Waals surface area contributed by atoms with Gasteiger partial charge in [-0.25, -0.2) is 28.1 Å². The van der Waals surface area contributed by atoms with E-state index in [0.29, 0.717) is 33.7 Å². The average Bonchev–Trinajstić information content (AvgIpc) is 2.83. The molecule has 3 heterocycles. The van der Waals surface area contributed by atoms with Crippen molar-refractivity contribution in [3.63, 3.8) is 0 Å². The van der Waals surface area contributed by atoms with Gasteiger partial charge in [-0.05, 0) is 39.7 Å². The molecule has 1 aliphatic heterocycles. The Balaban J connectivity index is 1.67. The van der Waals surface area contributed by atoms with Crippen LogP contribution in [-0.4, -0.2) is 50.6 Å². The number of anilines is 1. The summed E-state index contributed by atoms with van der Waals surface area (Å²) in [6.45, 7) is 4.19. The number of likely N-dealkylation sites (tertiary alicyclic amines) is 1. The third kappa shape index (κ3) is 4.80. The van der Waals surface area contributed by atoms with Gasteiger partial charge in [-0.15, -0.1) is 0 Å². The summed E-state index contributed by atoms with van der Waals surface area (Å²) in [6, 6.07) is 5.83. The first-order valence-electron chi connectivity index (χ1n) is 11.5. The zero-order chi connectivity index (χ0) is 25.3. The van der Waals surface area contributed by atoms with Crippen LogP contribution in [-0.2, 0) is 10.4 Å². The van der Waals surface area contributed by atoms with Crippen molar-refractivity contribution >= 4 is 22.8 Å². The Kier molecular flexibility index (Phi) is 6.93. The second-order valence-corrected chi connectivity index (χ2v) is 8.99. The number of aryl methyl sites for hydroxylation is 1. The van der Waals surface area contributed by atoms with Gasteiger partial charge in [0.05, 0.1) is 17.0 Å². The summed E-state index contributed by atoms with van der Waals surface area (Å²) in [7, 11) is 0. The Labute approximate surface area is 201 Å². The molecule has 0 aliphatic carbocycles. The molecule has 4 rings (SSSR count). The molecule has 10 heteroatoms. The molecule has 1 aliphatic rings. The predicted molar refractivity (Wildman–Crippen MR) is 126 cm³/mol. The van der Waals surface area contributed by atoms with Crippen LogP contribution >= 0.6 is 0 Å². The molecule has 1 aromatic carbocycles. The molecule has 1 amide bonds. The summed E-state index contributed by atoms with van der Waals surface area (Å²) in [5, 5.41) is 15.1. The number of rotatable bonds is 6. The number of hydrogen-bond donors (Lipinski definition) is 2. The van der Waals surface area contributed by atoms with Crippen LogP contribution in [0.15, 0.2) is 30.6 Å². The second kappa shape index (κ2) is 9.77. The van der Waals surface area contributed by atoms with Crippen LogP contribution in [0.4, 0.5) is 19.0 Å². The first kappa shape index (κ1) is 24.8. The smallest absolute Gasteiger partial charge is 0.253 e. The topological polar surface area (TPSA) is 91.2 Å². The van der Waals surface area contributed by atoms with Crippen molar-refractivity contribution in [2.45, 2.75) is 51.4 Å². The number of carbonyl (C=O) groups is 1. The third-order valence-corrected chi connectivity index (χ3v) is 6.68. The molecule has 7 nitrogen and oxygen atoms in total. The molecule has 1 unspecified atom stereocenters. The van der Waals surface area contributed by atoms with Crippen LogP contribution in [0.25, 0.3) is 11.0 Å². The summed E-state index contributed by atoms with van der Waals surface area (Å²) in [4.78, 5) is 26.2. The summed E-state index contributed by atoms with van der Waals surface area (Å²) < 4.78 is 41.5. The zero-order valence-electron chi connectivity index (χ0n) is 19.9. The van der Waals surface area contributed by atoms with E-state index in [-0.39, 0.29) is 31.5 Å². The minimum Gasteiger partial charge on any atom is -0.385 e. The van der Waals surface area contributed by atoms with Crippen molar-refractivity contribution in [3.8, 4) is 0 Å². The van der Waals surface area contributed by atoms with Gasteiger partial charge >= 0.3 is 0 Å². The van der Waals surface area contributed by atoms with Crippen molar-refractivity contribution in [2.24, 2.45) is 0 Å². The monoisotopic (exact) mass is 487 g/mol. The first-order chi connectivity index (χ1) is 16.6. The predicted octanol–water partition coefficient (Wildman–Crippen LogP) is 4.46. The number of aliphatic hydroxyl groups is 1. The molecule has 0 radical (unpaired) electrons. The Hall–Kier alpha value is -3.27. The maximum atomic E-state index is 14.9. The highest BCUT2D eigenvalue weighted by Crippen LogP contribution is 2.37. The number of pyridine rings is 1. The number of nitrogens with one attached hydrogen (secondary N) is 1. The van der Waals surface area contributed by atoms with Crippen molar-refractivity contribution in [3.05, 3.63) is 58.8 Å². The molecule has 3 aromatic rings. The molecule has 2 atom stereocenters. The molecule has 1 fully saturated rings. The number of carbonyl (C=O) groups excluding carboxylic acids is 1. The average molecular weight is 488 g/mol. The number of amides is 1. The van der Waals surface area contributed by atoms with Gasteiger partial charge < -0.3 is 15.3 Å². The second-order valence-electron chi connectivity index (χ2n) is 8.99. The lowest BCUT2D eigenvalue weighted by molar-refractivity contribution is -0.136. The number of hydrogen-bond acceptors (Lipinski definition) is 6. The van der Waals surface area contributed by atoms with Gasteiger partial charge in [0.25, 0.3) is 5.91 Å². The van der Waals surface area contributed by atoms with E-state index < -0.39 is 36.2 Å². The maximum absolute atomic E-state index is 14.9. The zero-order valence-corrected chi connectivity index (χ0v) is 19.9. The molecule has 0 saturated carbocycles.